The molecule has 0 amide bonds. The molecule has 0 spiro atoms. The van der Waals surface area contributed by atoms with Gasteiger partial charge >= 0.3 is 0 Å². The highest BCUT2D eigenvalue weighted by Crippen LogP contribution is 2.08. The van der Waals surface area contributed by atoms with Crippen LogP contribution in [0.15, 0.2) is 23.5 Å². The van der Waals surface area contributed by atoms with E-state index in [-0.39, 0.29) is 5.84 Å². The molecule has 2 rings (SSSR count). The molecule has 2 aromatic rings. The minimum absolute atomic E-state index is 0.00426. The van der Waals surface area contributed by atoms with Crippen LogP contribution in [0.3, 0.4) is 0 Å². The summed E-state index contributed by atoms with van der Waals surface area (Å²) >= 11 is 0. The quantitative estimate of drug-likeness (QED) is 0.365. The van der Waals surface area contributed by atoms with Gasteiger partial charge in [0.15, 0.2) is 11.7 Å². The molecule has 2 aromatic heterocycles. The van der Waals surface area contributed by atoms with E-state index in [1.165, 1.54) is 0 Å². The first kappa shape index (κ1) is 14.0. The van der Waals surface area contributed by atoms with Crippen LogP contribution in [0.4, 0.5) is 0 Å². The molecule has 0 fully saturated rings. The predicted molar refractivity (Wildman–Crippen MR) is 74.6 cm³/mol. The Hall–Kier alpha value is -2.44. The fourth-order valence-corrected chi connectivity index (χ4v) is 1.90. The Morgan fingerprint density at radius 2 is 2.20 bits per heavy atom. The van der Waals surface area contributed by atoms with Crippen molar-refractivity contribution in [2.24, 2.45) is 10.9 Å². The van der Waals surface area contributed by atoms with Crippen molar-refractivity contribution < 1.29 is 5.21 Å². The van der Waals surface area contributed by atoms with Gasteiger partial charge in [-0.15, -0.1) is 0 Å². The van der Waals surface area contributed by atoms with E-state index < -0.39 is 0 Å². The fourth-order valence-electron chi connectivity index (χ4n) is 1.90. The van der Waals surface area contributed by atoms with Crippen LogP contribution in [0.1, 0.15) is 36.8 Å². The summed E-state index contributed by atoms with van der Waals surface area (Å²) in [5, 5.41) is 16.1. The molecule has 0 aromatic carbocycles. The first-order valence-electron chi connectivity index (χ1n) is 6.53. The Bertz CT molecular complexity index is 619. The Kier molecular flexibility index (Phi) is 4.29. The van der Waals surface area contributed by atoms with Crippen molar-refractivity contribution in [3.63, 3.8) is 0 Å². The summed E-state index contributed by atoms with van der Waals surface area (Å²) in [7, 11) is 0. The summed E-state index contributed by atoms with van der Waals surface area (Å²) in [5.41, 5.74) is 6.96. The first-order chi connectivity index (χ1) is 9.67. The molecule has 106 valence electrons. The smallest absolute Gasteiger partial charge is 0.188 e. The van der Waals surface area contributed by atoms with Gasteiger partial charge in [0.1, 0.15) is 11.5 Å². The summed E-state index contributed by atoms with van der Waals surface area (Å²) in [6.45, 7) is 4.67. The van der Waals surface area contributed by atoms with E-state index in [0.717, 1.165) is 30.1 Å². The van der Waals surface area contributed by atoms with Gasteiger partial charge in [-0.3, -0.25) is 4.98 Å². The molecule has 3 N–H and O–H groups in total. The number of nitrogens with two attached hydrogens (primary N) is 1. The molecule has 0 aliphatic heterocycles. The van der Waals surface area contributed by atoms with Crippen molar-refractivity contribution in [2.75, 3.05) is 0 Å². The number of hydrogen-bond donors (Lipinski definition) is 2. The number of nitrogens with zero attached hydrogens (tertiary/aromatic N) is 5. The monoisotopic (exact) mass is 274 g/mol. The summed E-state index contributed by atoms with van der Waals surface area (Å²) in [6.07, 6.45) is 3.27. The van der Waals surface area contributed by atoms with Gasteiger partial charge in [0, 0.05) is 19.0 Å². The van der Waals surface area contributed by atoms with Crippen molar-refractivity contribution in [3.05, 3.63) is 41.2 Å². The van der Waals surface area contributed by atoms with Crippen LogP contribution >= 0.6 is 0 Å². The number of aromatic nitrogens is 4. The van der Waals surface area contributed by atoms with Crippen LogP contribution in [0.25, 0.3) is 0 Å². The standard InChI is InChI=1S/C13H18N6O/c1-3-11-16-12(4-2)19(17-11)8-9-5-6-15-10(7-9)13(14)18-20/h5-7,20H,3-4,8H2,1-2H3,(H2,14,18). The van der Waals surface area contributed by atoms with E-state index in [1.807, 2.05) is 24.6 Å². The topological polar surface area (TPSA) is 102 Å². The van der Waals surface area contributed by atoms with Crippen LogP contribution < -0.4 is 5.73 Å². The Labute approximate surface area is 117 Å². The molecule has 0 atom stereocenters. The highest BCUT2D eigenvalue weighted by molar-refractivity contribution is 5.95. The van der Waals surface area contributed by atoms with Crippen molar-refractivity contribution in [1.82, 2.24) is 19.7 Å². The van der Waals surface area contributed by atoms with Gasteiger partial charge in [-0.25, -0.2) is 9.67 Å². The second-order valence-electron chi connectivity index (χ2n) is 4.34. The maximum atomic E-state index is 8.68. The highest BCUT2D eigenvalue weighted by atomic mass is 16.4. The van der Waals surface area contributed by atoms with Crippen molar-refractivity contribution in [1.29, 1.82) is 0 Å². The van der Waals surface area contributed by atoms with Crippen LogP contribution in [0.2, 0.25) is 0 Å². The van der Waals surface area contributed by atoms with Gasteiger partial charge in [-0.05, 0) is 17.7 Å². The van der Waals surface area contributed by atoms with E-state index in [4.69, 9.17) is 10.9 Å². The molecular formula is C13H18N6O. The van der Waals surface area contributed by atoms with Gasteiger partial charge in [-0.2, -0.15) is 5.10 Å². The largest absolute Gasteiger partial charge is 0.409 e. The third-order valence-electron chi connectivity index (χ3n) is 2.95. The zero-order chi connectivity index (χ0) is 14.5. The molecule has 0 saturated heterocycles. The number of aryl methyl sites for hydroxylation is 2. The van der Waals surface area contributed by atoms with Crippen LogP contribution in [-0.2, 0) is 19.4 Å². The van der Waals surface area contributed by atoms with E-state index in [9.17, 15) is 0 Å². The summed E-state index contributed by atoms with van der Waals surface area (Å²) in [5.74, 6) is 1.78. The molecule has 0 bridgehead atoms. The van der Waals surface area contributed by atoms with Crippen molar-refractivity contribution in [3.8, 4) is 0 Å². The maximum absolute atomic E-state index is 8.68. The number of pyridine rings is 1. The molecule has 7 heteroatoms. The van der Waals surface area contributed by atoms with Gasteiger partial charge in [-0.1, -0.05) is 19.0 Å². The van der Waals surface area contributed by atoms with E-state index in [2.05, 4.69) is 20.2 Å². The Balaban J connectivity index is 2.28. The van der Waals surface area contributed by atoms with E-state index in [1.54, 1.807) is 12.3 Å². The normalized spacial score (nSPS) is 11.8. The summed E-state index contributed by atoms with van der Waals surface area (Å²) < 4.78 is 1.88. The van der Waals surface area contributed by atoms with Gasteiger partial charge < -0.3 is 10.9 Å². The number of rotatable bonds is 5. The lowest BCUT2D eigenvalue weighted by molar-refractivity contribution is 0.318. The van der Waals surface area contributed by atoms with Crippen LogP contribution in [-0.4, -0.2) is 30.8 Å². The van der Waals surface area contributed by atoms with Gasteiger partial charge in [0.05, 0.1) is 6.54 Å². The number of oxime groups is 1. The molecule has 20 heavy (non-hydrogen) atoms. The molecule has 0 aliphatic rings. The van der Waals surface area contributed by atoms with E-state index >= 15 is 0 Å². The van der Waals surface area contributed by atoms with Crippen LogP contribution in [0.5, 0.6) is 0 Å². The molecule has 0 aliphatic carbocycles. The second-order valence-corrected chi connectivity index (χ2v) is 4.34. The predicted octanol–water partition coefficient (Wildman–Crippen LogP) is 0.941. The first-order valence-corrected chi connectivity index (χ1v) is 6.53. The van der Waals surface area contributed by atoms with Gasteiger partial charge in [0.2, 0.25) is 0 Å². The molecule has 0 radical (unpaired) electrons. The third kappa shape index (κ3) is 2.93. The highest BCUT2D eigenvalue weighted by Gasteiger charge is 2.09. The van der Waals surface area contributed by atoms with Gasteiger partial charge in [0.25, 0.3) is 0 Å². The lowest BCUT2D eigenvalue weighted by Gasteiger charge is -2.06. The minimum atomic E-state index is -0.00426. The second kappa shape index (κ2) is 6.14. The molecule has 0 unspecified atom stereocenters. The lowest BCUT2D eigenvalue weighted by Crippen LogP contribution is -2.16. The summed E-state index contributed by atoms with van der Waals surface area (Å²) in [6, 6.07) is 3.66. The minimum Gasteiger partial charge on any atom is -0.409 e. The van der Waals surface area contributed by atoms with Crippen molar-refractivity contribution >= 4 is 5.84 Å². The molecule has 7 nitrogen and oxygen atoms in total. The molecular weight excluding hydrogens is 256 g/mol. The lowest BCUT2D eigenvalue weighted by atomic mass is 10.2. The zero-order valence-corrected chi connectivity index (χ0v) is 11.6. The summed E-state index contributed by atoms with van der Waals surface area (Å²) in [4.78, 5) is 8.52. The zero-order valence-electron chi connectivity index (χ0n) is 11.6. The molecule has 2 heterocycles. The number of hydrogen-bond acceptors (Lipinski definition) is 5. The third-order valence-corrected chi connectivity index (χ3v) is 2.95. The average molecular weight is 274 g/mol. The van der Waals surface area contributed by atoms with Crippen LogP contribution in [0, 0.1) is 0 Å². The van der Waals surface area contributed by atoms with E-state index in [0.29, 0.717) is 12.2 Å². The Morgan fingerprint density at radius 3 is 2.85 bits per heavy atom. The SMILES string of the molecule is CCc1nc(CC)n(Cc2ccnc(C(N)=NO)c2)n1. The Morgan fingerprint density at radius 1 is 1.40 bits per heavy atom. The number of amidine groups is 1. The maximum Gasteiger partial charge on any atom is 0.188 e. The fraction of sp³-hybridized carbons (Fsp3) is 0.385. The average Bonchev–Trinajstić information content (AvgIpc) is 2.88. The molecule has 0 saturated carbocycles. The van der Waals surface area contributed by atoms with Crippen molar-refractivity contribution in [2.45, 2.75) is 33.2 Å².